The molecule has 2 aromatic rings. The third-order valence-electron chi connectivity index (χ3n) is 5.30. The Morgan fingerprint density at radius 3 is 2.80 bits per heavy atom. The summed E-state index contributed by atoms with van der Waals surface area (Å²) in [7, 11) is 1.31. The predicted octanol–water partition coefficient (Wildman–Crippen LogP) is 4.96. The van der Waals surface area contributed by atoms with Gasteiger partial charge < -0.3 is 14.0 Å². The first-order chi connectivity index (χ1) is 12.1. The minimum Gasteiger partial charge on any atom is -0.437 e. The molecule has 5 heteroatoms. The summed E-state index contributed by atoms with van der Waals surface area (Å²) < 4.78 is 12.1. The number of fused-ring (bicyclic) bond motifs is 1. The summed E-state index contributed by atoms with van der Waals surface area (Å²) in [5.41, 5.74) is 2.00. The molecule has 1 unspecified atom stereocenters. The van der Waals surface area contributed by atoms with Crippen molar-refractivity contribution in [2.24, 2.45) is 11.8 Å². The van der Waals surface area contributed by atoms with E-state index in [4.69, 9.17) is 9.72 Å². The third kappa shape index (κ3) is 4.14. The highest BCUT2D eigenvalue weighted by atomic mass is 16.7. The maximum absolute atomic E-state index is 11.3. The Kier molecular flexibility index (Phi) is 5.61. The Bertz CT molecular complexity index is 732. The normalized spacial score (nSPS) is 16.3. The van der Waals surface area contributed by atoms with Gasteiger partial charge in [0.25, 0.3) is 0 Å². The predicted molar refractivity (Wildman–Crippen MR) is 97.9 cm³/mol. The molecule has 1 aromatic carbocycles. The first-order valence-corrected chi connectivity index (χ1v) is 9.35. The standard InChI is InChI=1S/C20H28N2O3/c1-4-14(2)13-22-18-10-9-16(25-20(23)24-3)12-17(18)21-19(22)11-15-7-5-6-8-15/h9-10,12,14-15H,4-8,11,13H2,1-3H3. The van der Waals surface area contributed by atoms with Crippen LogP contribution in [0.5, 0.6) is 5.75 Å². The van der Waals surface area contributed by atoms with Crippen molar-refractivity contribution in [3.05, 3.63) is 24.0 Å². The zero-order valence-corrected chi connectivity index (χ0v) is 15.5. The van der Waals surface area contributed by atoms with Crippen molar-refractivity contribution < 1.29 is 14.3 Å². The molecule has 0 spiro atoms. The van der Waals surface area contributed by atoms with E-state index in [0.29, 0.717) is 11.7 Å². The molecule has 0 radical (unpaired) electrons. The van der Waals surface area contributed by atoms with E-state index in [9.17, 15) is 4.79 Å². The molecule has 0 saturated heterocycles. The van der Waals surface area contributed by atoms with Crippen LogP contribution in [0.15, 0.2) is 18.2 Å². The summed E-state index contributed by atoms with van der Waals surface area (Å²) in [5, 5.41) is 0. The van der Waals surface area contributed by atoms with Crippen molar-refractivity contribution in [2.75, 3.05) is 7.11 Å². The van der Waals surface area contributed by atoms with Gasteiger partial charge in [0.2, 0.25) is 0 Å². The van der Waals surface area contributed by atoms with Crippen molar-refractivity contribution in [1.82, 2.24) is 9.55 Å². The quantitative estimate of drug-likeness (QED) is 0.549. The van der Waals surface area contributed by atoms with Gasteiger partial charge in [-0.1, -0.05) is 46.0 Å². The lowest BCUT2D eigenvalue weighted by Crippen LogP contribution is -2.13. The largest absolute Gasteiger partial charge is 0.513 e. The molecule has 1 fully saturated rings. The molecule has 0 N–H and O–H groups in total. The Hall–Kier alpha value is -2.04. The summed E-state index contributed by atoms with van der Waals surface area (Å²) in [5.74, 6) is 2.99. The summed E-state index contributed by atoms with van der Waals surface area (Å²) in [6.07, 6.45) is 6.78. The monoisotopic (exact) mass is 344 g/mol. The molecular weight excluding hydrogens is 316 g/mol. The zero-order valence-electron chi connectivity index (χ0n) is 15.5. The minimum absolute atomic E-state index is 0.472. The number of imidazole rings is 1. The van der Waals surface area contributed by atoms with Crippen molar-refractivity contribution >= 4 is 17.2 Å². The van der Waals surface area contributed by atoms with E-state index >= 15 is 0 Å². The van der Waals surface area contributed by atoms with Gasteiger partial charge in [0.15, 0.2) is 0 Å². The molecule has 1 aliphatic rings. The van der Waals surface area contributed by atoms with E-state index in [1.807, 2.05) is 18.2 Å². The second-order valence-electron chi connectivity index (χ2n) is 7.21. The van der Waals surface area contributed by atoms with Gasteiger partial charge in [-0.25, -0.2) is 9.78 Å². The number of hydrogen-bond acceptors (Lipinski definition) is 4. The number of carbonyl (C=O) groups excluding carboxylic acids is 1. The Morgan fingerprint density at radius 1 is 1.36 bits per heavy atom. The molecule has 25 heavy (non-hydrogen) atoms. The molecule has 3 rings (SSSR count). The minimum atomic E-state index is -0.704. The van der Waals surface area contributed by atoms with Crippen LogP contribution in [0, 0.1) is 11.8 Å². The number of nitrogens with zero attached hydrogens (tertiary/aromatic N) is 2. The topological polar surface area (TPSA) is 53.4 Å². The molecule has 1 saturated carbocycles. The van der Waals surface area contributed by atoms with Crippen LogP contribution in [-0.2, 0) is 17.7 Å². The van der Waals surface area contributed by atoms with Crippen LogP contribution in [-0.4, -0.2) is 22.8 Å². The molecule has 1 aliphatic carbocycles. The van der Waals surface area contributed by atoms with Gasteiger partial charge in [0.05, 0.1) is 18.1 Å². The maximum atomic E-state index is 11.3. The summed E-state index contributed by atoms with van der Waals surface area (Å²) in [6, 6.07) is 5.64. The number of ether oxygens (including phenoxy) is 2. The van der Waals surface area contributed by atoms with Gasteiger partial charge >= 0.3 is 6.16 Å². The highest BCUT2D eigenvalue weighted by molar-refractivity contribution is 5.79. The lowest BCUT2D eigenvalue weighted by Gasteiger charge is -2.16. The van der Waals surface area contributed by atoms with E-state index in [1.165, 1.54) is 32.8 Å². The molecule has 136 valence electrons. The Morgan fingerprint density at radius 2 is 2.12 bits per heavy atom. The van der Waals surface area contributed by atoms with Crippen LogP contribution < -0.4 is 4.74 Å². The number of rotatable bonds is 6. The number of methoxy groups -OCH3 is 1. The molecule has 1 atom stereocenters. The first kappa shape index (κ1) is 17.8. The molecule has 0 aliphatic heterocycles. The lowest BCUT2D eigenvalue weighted by molar-refractivity contribution is 0.121. The highest BCUT2D eigenvalue weighted by Gasteiger charge is 2.21. The fourth-order valence-corrected chi connectivity index (χ4v) is 3.63. The van der Waals surface area contributed by atoms with Crippen LogP contribution in [0.2, 0.25) is 0 Å². The Labute approximate surface area is 149 Å². The van der Waals surface area contributed by atoms with Crippen LogP contribution in [0.25, 0.3) is 11.0 Å². The average molecular weight is 344 g/mol. The SMILES string of the molecule is CCC(C)Cn1c(CC2CCCC2)nc2cc(OC(=O)OC)ccc21. The van der Waals surface area contributed by atoms with E-state index in [-0.39, 0.29) is 0 Å². The average Bonchev–Trinajstić information content (AvgIpc) is 3.23. The van der Waals surface area contributed by atoms with Crippen molar-refractivity contribution in [3.8, 4) is 5.75 Å². The van der Waals surface area contributed by atoms with E-state index in [2.05, 4.69) is 23.2 Å². The lowest BCUT2D eigenvalue weighted by atomic mass is 10.0. The van der Waals surface area contributed by atoms with Gasteiger partial charge in [-0.05, 0) is 24.0 Å². The van der Waals surface area contributed by atoms with Crippen LogP contribution in [0.4, 0.5) is 4.79 Å². The molecule has 1 aromatic heterocycles. The van der Waals surface area contributed by atoms with Gasteiger partial charge in [-0.3, -0.25) is 0 Å². The second kappa shape index (κ2) is 7.89. The summed E-state index contributed by atoms with van der Waals surface area (Å²) in [6.45, 7) is 5.48. The molecule has 0 amide bonds. The van der Waals surface area contributed by atoms with E-state index in [0.717, 1.165) is 42.2 Å². The number of carbonyl (C=O) groups is 1. The number of benzene rings is 1. The van der Waals surface area contributed by atoms with Gasteiger partial charge in [-0.15, -0.1) is 0 Å². The molecule has 1 heterocycles. The maximum Gasteiger partial charge on any atom is 0.513 e. The van der Waals surface area contributed by atoms with Gasteiger partial charge in [0.1, 0.15) is 11.6 Å². The van der Waals surface area contributed by atoms with Gasteiger partial charge in [0, 0.05) is 19.0 Å². The zero-order chi connectivity index (χ0) is 17.8. The summed E-state index contributed by atoms with van der Waals surface area (Å²) >= 11 is 0. The fourth-order valence-electron chi connectivity index (χ4n) is 3.63. The Balaban J connectivity index is 1.93. The first-order valence-electron chi connectivity index (χ1n) is 9.35. The smallest absolute Gasteiger partial charge is 0.437 e. The van der Waals surface area contributed by atoms with Crippen LogP contribution in [0.3, 0.4) is 0 Å². The van der Waals surface area contributed by atoms with Crippen LogP contribution >= 0.6 is 0 Å². The van der Waals surface area contributed by atoms with E-state index < -0.39 is 6.16 Å². The fraction of sp³-hybridized carbons (Fsp3) is 0.600. The molecule has 0 bridgehead atoms. The van der Waals surface area contributed by atoms with Gasteiger partial charge in [-0.2, -0.15) is 0 Å². The number of aromatic nitrogens is 2. The van der Waals surface area contributed by atoms with Crippen molar-refractivity contribution in [2.45, 2.75) is 58.9 Å². The van der Waals surface area contributed by atoms with Crippen LogP contribution in [0.1, 0.15) is 51.8 Å². The molecular formula is C20H28N2O3. The van der Waals surface area contributed by atoms with E-state index in [1.54, 1.807) is 0 Å². The third-order valence-corrected chi connectivity index (χ3v) is 5.30. The second-order valence-corrected chi connectivity index (χ2v) is 7.21. The molecule has 5 nitrogen and oxygen atoms in total. The van der Waals surface area contributed by atoms with Crippen molar-refractivity contribution in [1.29, 1.82) is 0 Å². The number of hydrogen-bond donors (Lipinski definition) is 0. The highest BCUT2D eigenvalue weighted by Crippen LogP contribution is 2.30. The summed E-state index contributed by atoms with van der Waals surface area (Å²) in [4.78, 5) is 16.2. The van der Waals surface area contributed by atoms with Crippen molar-refractivity contribution in [3.63, 3.8) is 0 Å².